The molecule has 100 valence electrons. The predicted octanol–water partition coefficient (Wildman–Crippen LogP) is 1.41. The Kier molecular flexibility index (Phi) is 5.03. The lowest BCUT2D eigenvalue weighted by Crippen LogP contribution is -2.34. The predicted molar refractivity (Wildman–Crippen MR) is 61.2 cm³/mol. The second-order valence-electron chi connectivity index (χ2n) is 3.60. The first-order valence-corrected chi connectivity index (χ1v) is 5.44. The molecule has 0 fully saturated rings. The lowest BCUT2D eigenvalue weighted by Gasteiger charge is -2.14. The van der Waals surface area contributed by atoms with E-state index in [2.05, 4.69) is 0 Å². The smallest absolute Gasteiger partial charge is 0.323 e. The monoisotopic (exact) mass is 259 g/mol. The van der Waals surface area contributed by atoms with Gasteiger partial charge in [-0.3, -0.25) is 4.79 Å². The van der Waals surface area contributed by atoms with Gasteiger partial charge in [0.25, 0.3) is 0 Å². The van der Waals surface area contributed by atoms with Gasteiger partial charge in [0.1, 0.15) is 11.9 Å². The van der Waals surface area contributed by atoms with E-state index >= 15 is 0 Å². The van der Waals surface area contributed by atoms with E-state index in [9.17, 15) is 13.6 Å². The molecule has 4 nitrogen and oxygen atoms in total. The molecular weight excluding hydrogens is 244 g/mol. The van der Waals surface area contributed by atoms with Gasteiger partial charge < -0.3 is 15.2 Å². The van der Waals surface area contributed by atoms with Gasteiger partial charge in [-0.25, -0.2) is 8.78 Å². The summed E-state index contributed by atoms with van der Waals surface area (Å²) in [5.41, 5.74) is 5.49. The van der Waals surface area contributed by atoms with E-state index in [-0.39, 0.29) is 24.3 Å². The van der Waals surface area contributed by atoms with E-state index < -0.39 is 23.6 Å². The van der Waals surface area contributed by atoms with Gasteiger partial charge in [0.05, 0.1) is 13.7 Å². The zero-order valence-electron chi connectivity index (χ0n) is 10.2. The fraction of sp³-hybridized carbons (Fsp3) is 0.417. The minimum absolute atomic E-state index is 0.0712. The molecule has 1 aromatic carbocycles. The zero-order valence-corrected chi connectivity index (χ0v) is 10.2. The fourth-order valence-corrected chi connectivity index (χ4v) is 1.54. The minimum Gasteiger partial charge on any atom is -0.493 e. The number of benzene rings is 1. The molecule has 1 unspecified atom stereocenters. The molecule has 0 saturated carbocycles. The molecule has 0 radical (unpaired) electrons. The van der Waals surface area contributed by atoms with Crippen LogP contribution in [0.25, 0.3) is 0 Å². The lowest BCUT2D eigenvalue weighted by molar-refractivity contribution is -0.144. The van der Waals surface area contributed by atoms with E-state index in [1.807, 2.05) is 0 Å². The first kappa shape index (κ1) is 14.4. The van der Waals surface area contributed by atoms with Crippen LogP contribution in [0, 0.1) is 11.6 Å². The molecule has 1 rings (SSSR count). The van der Waals surface area contributed by atoms with E-state index in [1.165, 1.54) is 7.11 Å². The summed E-state index contributed by atoms with van der Waals surface area (Å²) in [5.74, 6) is -2.28. The van der Waals surface area contributed by atoms with E-state index in [0.717, 1.165) is 12.1 Å². The summed E-state index contributed by atoms with van der Waals surface area (Å²) in [4.78, 5) is 11.3. The molecule has 1 aromatic rings. The van der Waals surface area contributed by atoms with Crippen molar-refractivity contribution in [2.24, 2.45) is 5.73 Å². The van der Waals surface area contributed by atoms with Gasteiger partial charge in [-0.1, -0.05) is 0 Å². The molecule has 0 amide bonds. The third kappa shape index (κ3) is 3.16. The summed E-state index contributed by atoms with van der Waals surface area (Å²) >= 11 is 0. The van der Waals surface area contributed by atoms with Crippen molar-refractivity contribution in [1.82, 2.24) is 0 Å². The number of halogens is 2. The molecule has 0 aromatic heterocycles. The molecule has 0 aliphatic carbocycles. The Morgan fingerprint density at radius 2 is 2.00 bits per heavy atom. The van der Waals surface area contributed by atoms with Crippen LogP contribution in [-0.2, 0) is 16.0 Å². The van der Waals surface area contributed by atoms with Crippen molar-refractivity contribution in [1.29, 1.82) is 0 Å². The van der Waals surface area contributed by atoms with Gasteiger partial charge in [-0.05, 0) is 19.1 Å². The largest absolute Gasteiger partial charge is 0.493 e. The van der Waals surface area contributed by atoms with Gasteiger partial charge in [0.15, 0.2) is 11.6 Å². The van der Waals surface area contributed by atoms with Crippen molar-refractivity contribution in [3.63, 3.8) is 0 Å². The molecule has 0 bridgehead atoms. The summed E-state index contributed by atoms with van der Waals surface area (Å²) < 4.78 is 36.4. The Morgan fingerprint density at radius 3 is 2.56 bits per heavy atom. The SMILES string of the molecule is CCOC(=O)C(N)Cc1c(F)ccc(F)c1OC. The van der Waals surface area contributed by atoms with E-state index in [0.29, 0.717) is 0 Å². The van der Waals surface area contributed by atoms with Gasteiger partial charge in [0, 0.05) is 12.0 Å². The summed E-state index contributed by atoms with van der Waals surface area (Å²) in [6.45, 7) is 1.81. The fourth-order valence-electron chi connectivity index (χ4n) is 1.54. The highest BCUT2D eigenvalue weighted by Crippen LogP contribution is 2.26. The van der Waals surface area contributed by atoms with Crippen LogP contribution in [0.4, 0.5) is 8.78 Å². The third-order valence-electron chi connectivity index (χ3n) is 2.37. The second kappa shape index (κ2) is 6.30. The molecule has 0 aliphatic rings. The Bertz CT molecular complexity index is 438. The quantitative estimate of drug-likeness (QED) is 0.812. The minimum atomic E-state index is -1.06. The number of hydrogen-bond acceptors (Lipinski definition) is 4. The topological polar surface area (TPSA) is 61.5 Å². The van der Waals surface area contributed by atoms with Gasteiger partial charge in [0.2, 0.25) is 0 Å². The molecule has 1 atom stereocenters. The van der Waals surface area contributed by atoms with Crippen molar-refractivity contribution in [2.75, 3.05) is 13.7 Å². The maximum Gasteiger partial charge on any atom is 0.323 e. The highest BCUT2D eigenvalue weighted by Gasteiger charge is 2.22. The number of hydrogen-bond donors (Lipinski definition) is 1. The number of esters is 1. The first-order chi connectivity index (χ1) is 8.51. The van der Waals surface area contributed by atoms with Gasteiger partial charge in [-0.15, -0.1) is 0 Å². The van der Waals surface area contributed by atoms with Crippen LogP contribution in [0.1, 0.15) is 12.5 Å². The van der Waals surface area contributed by atoms with Crippen LogP contribution in [-0.4, -0.2) is 25.7 Å². The first-order valence-electron chi connectivity index (χ1n) is 5.44. The third-order valence-corrected chi connectivity index (χ3v) is 2.37. The van der Waals surface area contributed by atoms with Crippen molar-refractivity contribution >= 4 is 5.97 Å². The maximum absolute atomic E-state index is 13.6. The van der Waals surface area contributed by atoms with E-state index in [1.54, 1.807) is 6.92 Å². The number of methoxy groups -OCH3 is 1. The number of rotatable bonds is 5. The van der Waals surface area contributed by atoms with Crippen LogP contribution in [0.3, 0.4) is 0 Å². The van der Waals surface area contributed by atoms with Crippen molar-refractivity contribution in [3.8, 4) is 5.75 Å². The van der Waals surface area contributed by atoms with Crippen molar-refractivity contribution < 1.29 is 23.0 Å². The molecular formula is C12H15F2NO3. The standard InChI is InChI=1S/C12H15F2NO3/c1-3-18-12(16)10(15)6-7-8(13)4-5-9(14)11(7)17-2/h4-5,10H,3,6,15H2,1-2H3. The van der Waals surface area contributed by atoms with Crippen LogP contribution in [0.2, 0.25) is 0 Å². The number of carbonyl (C=O) groups is 1. The normalized spacial score (nSPS) is 12.1. The molecule has 0 spiro atoms. The highest BCUT2D eigenvalue weighted by molar-refractivity contribution is 5.76. The Hall–Kier alpha value is -1.69. The summed E-state index contributed by atoms with van der Waals surface area (Å²) in [6, 6.07) is 0.855. The molecule has 6 heteroatoms. The Morgan fingerprint density at radius 1 is 1.39 bits per heavy atom. The van der Waals surface area contributed by atoms with Crippen LogP contribution < -0.4 is 10.5 Å². The molecule has 0 aliphatic heterocycles. The summed E-state index contributed by atoms with van der Waals surface area (Å²) in [7, 11) is 1.22. The average Bonchev–Trinajstić information content (AvgIpc) is 2.34. The second-order valence-corrected chi connectivity index (χ2v) is 3.60. The van der Waals surface area contributed by atoms with Crippen LogP contribution in [0.5, 0.6) is 5.75 Å². The zero-order chi connectivity index (χ0) is 13.7. The summed E-state index contributed by atoms with van der Waals surface area (Å²) in [5, 5.41) is 0. The molecule has 2 N–H and O–H groups in total. The lowest BCUT2D eigenvalue weighted by atomic mass is 10.0. The highest BCUT2D eigenvalue weighted by atomic mass is 19.1. The van der Waals surface area contributed by atoms with Crippen LogP contribution >= 0.6 is 0 Å². The summed E-state index contributed by atoms with van der Waals surface area (Å²) in [6.07, 6.45) is -0.189. The van der Waals surface area contributed by atoms with Gasteiger partial charge >= 0.3 is 5.97 Å². The van der Waals surface area contributed by atoms with Crippen molar-refractivity contribution in [2.45, 2.75) is 19.4 Å². The van der Waals surface area contributed by atoms with Crippen LogP contribution in [0.15, 0.2) is 12.1 Å². The molecule has 18 heavy (non-hydrogen) atoms. The maximum atomic E-state index is 13.6. The number of ether oxygens (including phenoxy) is 2. The average molecular weight is 259 g/mol. The molecule has 0 heterocycles. The number of carbonyl (C=O) groups excluding carboxylic acids is 1. The van der Waals surface area contributed by atoms with Gasteiger partial charge in [-0.2, -0.15) is 0 Å². The Labute approximate surface area is 104 Å². The number of nitrogens with two attached hydrogens (primary N) is 1. The molecule has 0 saturated heterocycles. The Balaban J connectivity index is 2.96. The van der Waals surface area contributed by atoms with Crippen molar-refractivity contribution in [3.05, 3.63) is 29.3 Å². The van der Waals surface area contributed by atoms with E-state index in [4.69, 9.17) is 15.2 Å².